The second kappa shape index (κ2) is 30.7. The van der Waals surface area contributed by atoms with Gasteiger partial charge in [-0.15, -0.1) is 0 Å². The molecule has 4 heterocycles. The van der Waals surface area contributed by atoms with Crippen molar-refractivity contribution in [2.24, 2.45) is 47.3 Å². The Morgan fingerprint density at radius 3 is 1.01 bits per heavy atom. The van der Waals surface area contributed by atoms with Crippen molar-refractivity contribution in [3.63, 3.8) is 0 Å². The van der Waals surface area contributed by atoms with E-state index in [2.05, 4.69) is 168 Å². The summed E-state index contributed by atoms with van der Waals surface area (Å²) >= 11 is 0. The minimum absolute atomic E-state index is 0.0275. The van der Waals surface area contributed by atoms with Gasteiger partial charge in [0.05, 0.1) is 11.7 Å². The number of benzene rings is 12. The molecule has 0 aliphatic heterocycles. The molecule has 0 unspecified atom stereocenters. The Bertz CT molecular complexity index is 6100. The molecule has 0 spiro atoms. The number of hydrogen-bond acceptors (Lipinski definition) is 5. The fraction of sp³-hybridized carbons (Fsp3) is 0.277. The Labute approximate surface area is 678 Å². The lowest BCUT2D eigenvalue weighted by Gasteiger charge is -2.59. The number of ether oxygens (including phenoxy) is 4. The SMILES string of the molecule is Cc1cc(-[s+]2c3ccccc3c3ccccc32)cc(C)c1OCC(=O)OC1(C)C2CC3CC(C2)CC1C3.Cc1cc(-[s+]2c3ccccc3c3ccccc32)cc(C)c1OCOC1C2CC3CC(C2)CC1C3.FC(F)(F)c1cccc(-[s+]2c3ccccc3c3ccccc32)c1.Fc1cc(F)cc(-[s+]2c3ccccc3c3ccccc32)c1. The van der Waals surface area contributed by atoms with Gasteiger partial charge < -0.3 is 18.9 Å². The van der Waals surface area contributed by atoms with E-state index in [0.29, 0.717) is 34.5 Å². The van der Waals surface area contributed by atoms with Crippen molar-refractivity contribution in [3.05, 3.63) is 300 Å². The van der Waals surface area contributed by atoms with Crippen molar-refractivity contribution in [2.45, 2.75) is 117 Å². The summed E-state index contributed by atoms with van der Waals surface area (Å²) in [5, 5.41) is 9.95. The number of aryl methyl sites for hydroxylation is 4. The normalized spacial score (nSPS) is 21.7. The standard InChI is InChI=1S/C33H35O3S.C31H33O2S.C19H12F3S.C18H11F2S/c1-20-12-26(37-29-10-6-4-8-27(29)28-9-5-7-11-30(28)37)13-21(2)32(20)35-19-31(34)36-33(3)24-15-22-14-23(17-24)18-25(33)16-22;1-19-11-25(34-28-9-5-3-7-26(28)27-8-4-6-10-29(27)34)12-20(2)30(19)32-18-33-31-23-14-21-13-22(16-23)17-24(31)15-21;20-19(21,22)13-6-5-7-14(12-13)23-17-10-3-1-8-15(17)16-9-2-4-11-18(16)23;19-12-9-13(20)11-14(10-12)21-17-7-3-1-5-15(17)16-6-2-4-8-18(16)21/h4-13,22-25H,14-19H2,1-3H3;3-12,21-24,31H,13-18H2,1-2H3;1-12H;1-11H/q4*+1. The number of carbonyl (C=O) groups is 1. The van der Waals surface area contributed by atoms with E-state index in [1.54, 1.807) is 6.07 Å². The van der Waals surface area contributed by atoms with Crippen LogP contribution in [0.2, 0.25) is 0 Å². The molecule has 14 heteroatoms. The Balaban J connectivity index is 0.000000105. The number of alkyl halides is 3. The van der Waals surface area contributed by atoms with Crippen molar-refractivity contribution < 1.29 is 45.7 Å². The molecular formula is C101H91F5O5S4+4. The van der Waals surface area contributed by atoms with Gasteiger partial charge in [0.15, 0.2) is 70.6 Å². The molecule has 0 atom stereocenters. The topological polar surface area (TPSA) is 54.0 Å². The molecule has 0 radical (unpaired) electrons. The zero-order valence-electron chi connectivity index (χ0n) is 65.1. The highest BCUT2D eigenvalue weighted by atomic mass is 32.2. The quantitative estimate of drug-likeness (QED) is 0.0528. The first-order chi connectivity index (χ1) is 55.8. The summed E-state index contributed by atoms with van der Waals surface area (Å²) in [6.45, 7) is 11.1. The number of carbonyl (C=O) groups excluding carboxylic acids is 1. The van der Waals surface area contributed by atoms with E-state index in [0.717, 1.165) is 111 Å². The van der Waals surface area contributed by atoms with E-state index in [4.69, 9.17) is 18.9 Å². The monoisotopic (exact) mass is 1610 g/mol. The maximum absolute atomic E-state index is 13.6. The van der Waals surface area contributed by atoms with Gasteiger partial charge in [-0.2, -0.15) is 13.2 Å². The smallest absolute Gasteiger partial charge is 0.416 e. The number of halogens is 5. The van der Waals surface area contributed by atoms with Gasteiger partial charge in [0, 0.05) is 134 Å². The Morgan fingerprint density at radius 2 is 0.670 bits per heavy atom. The lowest BCUT2D eigenvalue weighted by atomic mass is 9.50. The van der Waals surface area contributed by atoms with E-state index in [-0.39, 0.29) is 39.1 Å². The third-order valence-corrected chi connectivity index (χ3v) is 35.1. The van der Waals surface area contributed by atoms with Gasteiger partial charge in [-0.05, 0) is 278 Å². The summed E-state index contributed by atoms with van der Waals surface area (Å²) in [4.78, 5) is 17.1. The van der Waals surface area contributed by atoms with E-state index >= 15 is 0 Å². The molecule has 8 aliphatic carbocycles. The molecular weight excluding hydrogens is 1520 g/mol. The second-order valence-corrected chi connectivity index (χ2v) is 41.0. The summed E-state index contributed by atoms with van der Waals surface area (Å²) in [7, 11) is -1.14. The summed E-state index contributed by atoms with van der Waals surface area (Å²) in [5.41, 5.74) is 3.64. The van der Waals surface area contributed by atoms with Crippen LogP contribution < -0.4 is 9.47 Å². The predicted molar refractivity (Wildman–Crippen MR) is 469 cm³/mol. The van der Waals surface area contributed by atoms with Crippen LogP contribution in [0.3, 0.4) is 0 Å². The molecule has 580 valence electrons. The number of rotatable bonds is 12. The Morgan fingerprint density at radius 1 is 0.365 bits per heavy atom. The van der Waals surface area contributed by atoms with Gasteiger partial charge in [-0.3, -0.25) is 0 Å². The highest BCUT2D eigenvalue weighted by Gasteiger charge is 2.57. The largest absolute Gasteiger partial charge is 0.481 e. The Kier molecular flexibility index (Phi) is 20.1. The summed E-state index contributed by atoms with van der Waals surface area (Å²) in [6.07, 6.45) is 9.42. The van der Waals surface area contributed by atoms with Crippen LogP contribution in [0, 0.1) is 86.7 Å². The Hall–Kier alpha value is -9.80. The van der Waals surface area contributed by atoms with Crippen molar-refractivity contribution in [3.8, 4) is 31.1 Å². The van der Waals surface area contributed by atoms with Crippen LogP contribution in [0.1, 0.15) is 98.9 Å². The minimum atomic E-state index is -4.32. The first kappa shape index (κ1) is 75.3. The maximum atomic E-state index is 13.6. The molecule has 24 rings (SSSR count). The molecule has 8 fully saturated rings. The first-order valence-electron chi connectivity index (χ1n) is 40.5. The number of fused-ring (bicyclic) bond motifs is 12. The van der Waals surface area contributed by atoms with Crippen molar-refractivity contribution in [2.75, 3.05) is 13.4 Å². The number of thiophene rings is 4. The van der Waals surface area contributed by atoms with Gasteiger partial charge in [0.1, 0.15) is 28.7 Å². The molecule has 12 aromatic carbocycles. The molecule has 4 aromatic heterocycles. The van der Waals surface area contributed by atoms with Crippen LogP contribution in [0.15, 0.2) is 261 Å². The van der Waals surface area contributed by atoms with Gasteiger partial charge in [-0.25, -0.2) is 13.6 Å². The highest BCUT2D eigenvalue weighted by Crippen LogP contribution is 2.61. The third kappa shape index (κ3) is 14.1. The van der Waals surface area contributed by atoms with Crippen LogP contribution in [0.4, 0.5) is 22.0 Å². The molecule has 8 saturated carbocycles. The van der Waals surface area contributed by atoms with Gasteiger partial charge >= 0.3 is 12.1 Å². The maximum Gasteiger partial charge on any atom is 0.416 e. The lowest BCUT2D eigenvalue weighted by Crippen LogP contribution is -2.58. The third-order valence-electron chi connectivity index (χ3n) is 25.9. The summed E-state index contributed by atoms with van der Waals surface area (Å²) in [5.74, 6) is 6.78. The first-order valence-corrected chi connectivity index (χ1v) is 45.4. The molecule has 115 heavy (non-hydrogen) atoms. The molecule has 0 saturated heterocycles. The fourth-order valence-corrected chi connectivity index (χ4v) is 31.4. The van der Waals surface area contributed by atoms with Crippen molar-refractivity contribution in [1.82, 2.24) is 0 Å². The summed E-state index contributed by atoms with van der Waals surface area (Å²) < 4.78 is 102. The van der Waals surface area contributed by atoms with Crippen molar-refractivity contribution >= 4 is 129 Å². The minimum Gasteiger partial charge on any atom is -0.481 e. The second-order valence-electron chi connectivity index (χ2n) is 33.2. The zero-order chi connectivity index (χ0) is 78.5. The summed E-state index contributed by atoms with van der Waals surface area (Å²) in [6, 6.07) is 86.0. The number of esters is 1. The fourth-order valence-electron chi connectivity index (χ4n) is 21.4. The zero-order valence-corrected chi connectivity index (χ0v) is 68.3. The van der Waals surface area contributed by atoms with E-state index < -0.39 is 44.3 Å². The van der Waals surface area contributed by atoms with E-state index in [9.17, 15) is 26.7 Å². The molecule has 0 amide bonds. The lowest BCUT2D eigenvalue weighted by molar-refractivity contribution is -0.204. The molecule has 5 nitrogen and oxygen atoms in total. The molecule has 16 aromatic rings. The van der Waals surface area contributed by atoms with Crippen LogP contribution in [0.25, 0.3) is 100 Å². The van der Waals surface area contributed by atoms with Crippen LogP contribution >= 0.6 is 41.9 Å². The van der Waals surface area contributed by atoms with Crippen molar-refractivity contribution in [1.29, 1.82) is 0 Å². The van der Waals surface area contributed by atoms with Crippen LogP contribution in [0.5, 0.6) is 11.5 Å². The molecule has 0 N–H and O–H groups in total. The van der Waals surface area contributed by atoms with Gasteiger partial charge in [0.2, 0.25) is 0 Å². The van der Waals surface area contributed by atoms with E-state index in [1.165, 1.54) is 150 Å². The van der Waals surface area contributed by atoms with Crippen LogP contribution in [-0.2, 0) is 20.4 Å². The molecule has 8 bridgehead atoms. The van der Waals surface area contributed by atoms with E-state index in [1.807, 2.05) is 84.9 Å². The van der Waals surface area contributed by atoms with Crippen LogP contribution in [-0.4, -0.2) is 31.1 Å². The predicted octanol–water partition coefficient (Wildman–Crippen LogP) is 29.8. The molecule has 8 aliphatic rings. The average molecular weight is 1610 g/mol. The van der Waals surface area contributed by atoms with Gasteiger partial charge in [-0.1, -0.05) is 103 Å². The highest BCUT2D eigenvalue weighted by molar-refractivity contribution is 7.51. The van der Waals surface area contributed by atoms with Gasteiger partial charge in [0.25, 0.3) is 0 Å². The number of hydrogen-bond donors (Lipinski definition) is 0. The average Bonchev–Trinajstić information content (AvgIpc) is 1.63.